The number of hydrogen-bond donors (Lipinski definition) is 2. The third-order valence-electron chi connectivity index (χ3n) is 2.72. The SMILES string of the molecule is Nc1ccc(Cl)cc1S(=O)(=O)NCc1ccc(F)c(Cl)c1. The topological polar surface area (TPSA) is 72.2 Å². The molecular weight excluding hydrogens is 338 g/mol. The molecular formula is C13H11Cl2FN2O2S. The van der Waals surface area contributed by atoms with Crippen molar-refractivity contribution in [1.82, 2.24) is 4.72 Å². The van der Waals surface area contributed by atoms with Crippen LogP contribution in [0.15, 0.2) is 41.3 Å². The van der Waals surface area contributed by atoms with Crippen LogP contribution in [-0.2, 0) is 16.6 Å². The third-order valence-corrected chi connectivity index (χ3v) is 4.70. The van der Waals surface area contributed by atoms with Gasteiger partial charge < -0.3 is 5.73 Å². The molecule has 0 aliphatic heterocycles. The van der Waals surface area contributed by atoms with Gasteiger partial charge in [0, 0.05) is 11.6 Å². The first-order valence-electron chi connectivity index (χ1n) is 5.78. The first kappa shape index (κ1) is 16.0. The molecule has 0 spiro atoms. The summed E-state index contributed by atoms with van der Waals surface area (Å²) in [6.07, 6.45) is 0. The maximum atomic E-state index is 13.0. The van der Waals surface area contributed by atoms with Crippen molar-refractivity contribution in [3.05, 3.63) is 57.8 Å². The van der Waals surface area contributed by atoms with Crippen molar-refractivity contribution in [3.8, 4) is 0 Å². The molecule has 2 rings (SSSR count). The van der Waals surface area contributed by atoms with Crippen LogP contribution in [0.25, 0.3) is 0 Å². The van der Waals surface area contributed by atoms with Gasteiger partial charge >= 0.3 is 0 Å². The van der Waals surface area contributed by atoms with Gasteiger partial charge in [-0.05, 0) is 35.9 Å². The van der Waals surface area contributed by atoms with Crippen LogP contribution in [0, 0.1) is 5.82 Å². The highest BCUT2D eigenvalue weighted by molar-refractivity contribution is 7.89. The highest BCUT2D eigenvalue weighted by Gasteiger charge is 2.17. The number of rotatable bonds is 4. The van der Waals surface area contributed by atoms with Crippen molar-refractivity contribution in [2.24, 2.45) is 0 Å². The highest BCUT2D eigenvalue weighted by atomic mass is 35.5. The van der Waals surface area contributed by atoms with E-state index in [0.29, 0.717) is 5.56 Å². The van der Waals surface area contributed by atoms with Crippen LogP contribution in [0.4, 0.5) is 10.1 Å². The molecule has 0 heterocycles. The molecule has 4 nitrogen and oxygen atoms in total. The van der Waals surface area contributed by atoms with E-state index in [4.69, 9.17) is 28.9 Å². The van der Waals surface area contributed by atoms with Crippen molar-refractivity contribution in [3.63, 3.8) is 0 Å². The molecule has 2 aromatic rings. The van der Waals surface area contributed by atoms with Crippen molar-refractivity contribution in [1.29, 1.82) is 0 Å². The van der Waals surface area contributed by atoms with Crippen LogP contribution in [-0.4, -0.2) is 8.42 Å². The van der Waals surface area contributed by atoms with Gasteiger partial charge in [-0.25, -0.2) is 17.5 Å². The second kappa shape index (κ2) is 6.19. The molecule has 112 valence electrons. The van der Waals surface area contributed by atoms with Gasteiger partial charge in [-0.1, -0.05) is 29.3 Å². The quantitative estimate of drug-likeness (QED) is 0.833. The standard InChI is InChI=1S/C13H11Cl2FN2O2S/c14-9-2-4-12(17)13(6-9)21(19,20)18-7-8-1-3-11(16)10(15)5-8/h1-6,18H,7,17H2. The predicted octanol–water partition coefficient (Wildman–Crippen LogP) is 3.19. The smallest absolute Gasteiger partial charge is 0.242 e. The van der Waals surface area contributed by atoms with Crippen LogP contribution in [0.5, 0.6) is 0 Å². The Balaban J connectivity index is 2.21. The maximum Gasteiger partial charge on any atom is 0.242 e. The molecule has 0 aliphatic rings. The molecule has 2 aromatic carbocycles. The summed E-state index contributed by atoms with van der Waals surface area (Å²) >= 11 is 11.4. The zero-order chi connectivity index (χ0) is 15.6. The Kier molecular flexibility index (Phi) is 4.73. The van der Waals surface area contributed by atoms with Gasteiger partial charge in [0.05, 0.1) is 10.7 Å². The van der Waals surface area contributed by atoms with E-state index in [9.17, 15) is 12.8 Å². The fourth-order valence-electron chi connectivity index (χ4n) is 1.65. The number of sulfonamides is 1. The fourth-order valence-corrected chi connectivity index (χ4v) is 3.26. The van der Waals surface area contributed by atoms with Crippen LogP contribution >= 0.6 is 23.2 Å². The van der Waals surface area contributed by atoms with E-state index in [1.807, 2.05) is 0 Å². The average Bonchev–Trinajstić information content (AvgIpc) is 2.43. The summed E-state index contributed by atoms with van der Waals surface area (Å²) in [5.41, 5.74) is 6.25. The van der Waals surface area contributed by atoms with E-state index in [1.54, 1.807) is 0 Å². The Bertz CT molecular complexity index is 782. The molecule has 0 bridgehead atoms. The van der Waals surface area contributed by atoms with Gasteiger partial charge in [0.15, 0.2) is 0 Å². The van der Waals surface area contributed by atoms with Gasteiger partial charge in [0.25, 0.3) is 0 Å². The van der Waals surface area contributed by atoms with Crippen molar-refractivity contribution in [2.45, 2.75) is 11.4 Å². The lowest BCUT2D eigenvalue weighted by atomic mass is 10.2. The largest absolute Gasteiger partial charge is 0.398 e. The molecule has 0 aromatic heterocycles. The van der Waals surface area contributed by atoms with E-state index in [2.05, 4.69) is 4.72 Å². The molecule has 3 N–H and O–H groups in total. The normalized spacial score (nSPS) is 11.6. The lowest BCUT2D eigenvalue weighted by Gasteiger charge is -2.10. The minimum absolute atomic E-state index is 0.0473. The van der Waals surface area contributed by atoms with Gasteiger partial charge in [-0.3, -0.25) is 0 Å². The molecule has 0 aliphatic carbocycles. The lowest BCUT2D eigenvalue weighted by molar-refractivity contribution is 0.581. The van der Waals surface area contributed by atoms with Crippen LogP contribution < -0.4 is 10.5 Å². The van der Waals surface area contributed by atoms with Crippen molar-refractivity contribution < 1.29 is 12.8 Å². The fraction of sp³-hybridized carbons (Fsp3) is 0.0769. The monoisotopic (exact) mass is 348 g/mol. The number of nitrogens with one attached hydrogen (secondary N) is 1. The molecule has 0 amide bonds. The third kappa shape index (κ3) is 3.85. The van der Waals surface area contributed by atoms with E-state index in [-0.39, 0.29) is 27.2 Å². The van der Waals surface area contributed by atoms with E-state index in [1.165, 1.54) is 36.4 Å². The molecule has 0 saturated heterocycles. The summed E-state index contributed by atoms with van der Waals surface area (Å²) in [4.78, 5) is -0.108. The molecule has 0 radical (unpaired) electrons. The molecule has 21 heavy (non-hydrogen) atoms. The van der Waals surface area contributed by atoms with E-state index in [0.717, 1.165) is 0 Å². The Hall–Kier alpha value is -1.34. The van der Waals surface area contributed by atoms with Gasteiger partial charge in [0.2, 0.25) is 10.0 Å². The minimum atomic E-state index is -3.83. The van der Waals surface area contributed by atoms with Gasteiger partial charge in [-0.15, -0.1) is 0 Å². The number of halogens is 3. The predicted molar refractivity (Wildman–Crippen MR) is 81.3 cm³/mol. The van der Waals surface area contributed by atoms with Gasteiger partial charge in [-0.2, -0.15) is 0 Å². The maximum absolute atomic E-state index is 13.0. The summed E-state index contributed by atoms with van der Waals surface area (Å²) in [7, 11) is -3.83. The first-order valence-corrected chi connectivity index (χ1v) is 8.02. The Morgan fingerprint density at radius 2 is 1.86 bits per heavy atom. The number of nitrogens with two attached hydrogens (primary N) is 1. The number of benzene rings is 2. The molecule has 0 saturated carbocycles. The lowest BCUT2D eigenvalue weighted by Crippen LogP contribution is -2.24. The second-order valence-corrected chi connectivity index (χ2v) is 6.83. The average molecular weight is 349 g/mol. The molecule has 0 fully saturated rings. The van der Waals surface area contributed by atoms with Crippen LogP contribution in [0.2, 0.25) is 10.0 Å². The number of anilines is 1. The molecule has 0 atom stereocenters. The highest BCUT2D eigenvalue weighted by Crippen LogP contribution is 2.23. The minimum Gasteiger partial charge on any atom is -0.398 e. The molecule has 0 unspecified atom stereocenters. The summed E-state index contributed by atoms with van der Waals surface area (Å²) in [6, 6.07) is 8.11. The molecule has 8 heteroatoms. The van der Waals surface area contributed by atoms with Crippen LogP contribution in [0.1, 0.15) is 5.56 Å². The summed E-state index contributed by atoms with van der Waals surface area (Å²) < 4.78 is 39.7. The summed E-state index contributed by atoms with van der Waals surface area (Å²) in [5.74, 6) is -0.567. The summed E-state index contributed by atoms with van der Waals surface area (Å²) in [6.45, 7) is -0.0473. The first-order chi connectivity index (χ1) is 9.79. The van der Waals surface area contributed by atoms with Crippen molar-refractivity contribution >= 4 is 38.9 Å². The summed E-state index contributed by atoms with van der Waals surface area (Å²) in [5, 5.41) is 0.184. The van der Waals surface area contributed by atoms with Gasteiger partial charge in [0.1, 0.15) is 10.7 Å². The van der Waals surface area contributed by atoms with E-state index >= 15 is 0 Å². The number of nitrogen functional groups attached to an aromatic ring is 1. The Morgan fingerprint density at radius 3 is 2.52 bits per heavy atom. The van der Waals surface area contributed by atoms with Crippen molar-refractivity contribution in [2.75, 3.05) is 5.73 Å². The Morgan fingerprint density at radius 1 is 1.14 bits per heavy atom. The number of hydrogen-bond acceptors (Lipinski definition) is 3. The zero-order valence-corrected chi connectivity index (χ0v) is 12.9. The second-order valence-electron chi connectivity index (χ2n) is 4.26. The van der Waals surface area contributed by atoms with E-state index < -0.39 is 15.8 Å². The Labute approximate surface area is 131 Å². The zero-order valence-electron chi connectivity index (χ0n) is 10.6. The van der Waals surface area contributed by atoms with Crippen LogP contribution in [0.3, 0.4) is 0 Å².